The zero-order chi connectivity index (χ0) is 19.7. The molecule has 4 rings (SSSR count). The summed E-state index contributed by atoms with van der Waals surface area (Å²) in [4.78, 5) is 20.7. The first kappa shape index (κ1) is 18.0. The van der Waals surface area contributed by atoms with Crippen molar-refractivity contribution in [2.24, 2.45) is 0 Å². The van der Waals surface area contributed by atoms with E-state index in [0.717, 1.165) is 34.2 Å². The predicted octanol–water partition coefficient (Wildman–Crippen LogP) is 3.64. The zero-order valence-corrected chi connectivity index (χ0v) is 15.9. The average Bonchev–Trinajstić information content (AvgIpc) is 3.30. The first-order valence-electron chi connectivity index (χ1n) is 8.39. The van der Waals surface area contributed by atoms with E-state index in [9.17, 15) is 4.79 Å². The highest BCUT2D eigenvalue weighted by molar-refractivity contribution is 7.14. The lowest BCUT2D eigenvalue weighted by Crippen LogP contribution is -2.18. The molecule has 4 aromatic rings. The number of rotatable bonds is 5. The van der Waals surface area contributed by atoms with Crippen molar-refractivity contribution >= 4 is 33.7 Å². The lowest BCUT2D eigenvalue weighted by atomic mass is 10.2. The number of carbonyl (C=O) groups excluding carboxylic acids is 1. The Morgan fingerprint density at radius 1 is 1.18 bits per heavy atom. The Kier molecular flexibility index (Phi) is 4.68. The van der Waals surface area contributed by atoms with Crippen LogP contribution in [0.15, 0.2) is 48.0 Å². The number of benzene rings is 1. The van der Waals surface area contributed by atoms with Crippen LogP contribution in [0.25, 0.3) is 17.0 Å². The summed E-state index contributed by atoms with van der Waals surface area (Å²) in [5, 5.41) is 14.6. The van der Waals surface area contributed by atoms with Crippen LogP contribution in [0.5, 0.6) is 5.75 Å². The number of aromatic nitrogens is 3. The summed E-state index contributed by atoms with van der Waals surface area (Å²) in [6, 6.07) is 10.5. The van der Waals surface area contributed by atoms with Crippen molar-refractivity contribution < 1.29 is 14.7 Å². The molecule has 0 saturated heterocycles. The van der Waals surface area contributed by atoms with Crippen LogP contribution in [-0.2, 0) is 0 Å². The Balaban J connectivity index is 1.62. The molecule has 0 aliphatic rings. The van der Waals surface area contributed by atoms with E-state index < -0.39 is 5.91 Å². The number of nitrogens with zero attached hydrogens (tertiary/aromatic N) is 3. The number of methoxy groups -OCH3 is 1. The second-order valence-electron chi connectivity index (χ2n) is 6.02. The average molecular weight is 395 g/mol. The van der Waals surface area contributed by atoms with Crippen LogP contribution < -0.4 is 15.5 Å². The molecule has 0 bridgehead atoms. The molecule has 0 aliphatic heterocycles. The number of hydroxylamine groups is 1. The molecular weight excluding hydrogens is 378 g/mol. The van der Waals surface area contributed by atoms with E-state index in [0.29, 0.717) is 10.7 Å². The predicted molar refractivity (Wildman–Crippen MR) is 107 cm³/mol. The number of fused-ring (bicyclic) bond motifs is 1. The van der Waals surface area contributed by atoms with Crippen LogP contribution in [0.2, 0.25) is 0 Å². The number of pyridine rings is 1. The first-order chi connectivity index (χ1) is 13.6. The number of aryl methyl sites for hydroxylation is 1. The summed E-state index contributed by atoms with van der Waals surface area (Å²) in [6.07, 6.45) is 1.89. The van der Waals surface area contributed by atoms with Gasteiger partial charge in [-0.1, -0.05) is 0 Å². The number of hydrogen-bond donors (Lipinski definition) is 3. The summed E-state index contributed by atoms with van der Waals surface area (Å²) in [6.45, 7) is 1.95. The third-order valence-electron chi connectivity index (χ3n) is 4.25. The Hall–Kier alpha value is -3.43. The molecule has 0 atom stereocenters. The molecule has 3 N–H and O–H groups in total. The number of amides is 1. The molecule has 142 valence electrons. The van der Waals surface area contributed by atoms with E-state index in [1.807, 2.05) is 35.0 Å². The van der Waals surface area contributed by atoms with Crippen LogP contribution in [0, 0.1) is 6.92 Å². The maximum atomic E-state index is 11.4. The van der Waals surface area contributed by atoms with Crippen molar-refractivity contribution in [3.05, 3.63) is 59.2 Å². The van der Waals surface area contributed by atoms with Crippen LogP contribution in [0.1, 0.15) is 16.1 Å². The van der Waals surface area contributed by atoms with Gasteiger partial charge >= 0.3 is 0 Å². The minimum absolute atomic E-state index is 0.364. The number of carbonyl (C=O) groups is 1. The Morgan fingerprint density at radius 3 is 2.68 bits per heavy atom. The minimum atomic E-state index is -0.554. The minimum Gasteiger partial charge on any atom is -0.495 e. The van der Waals surface area contributed by atoms with Gasteiger partial charge in [0.25, 0.3) is 5.91 Å². The Labute approximate surface area is 164 Å². The molecule has 0 radical (unpaired) electrons. The highest BCUT2D eigenvalue weighted by atomic mass is 32.1. The second-order valence-corrected chi connectivity index (χ2v) is 6.88. The molecule has 0 fully saturated rings. The smallest absolute Gasteiger partial charge is 0.274 e. The lowest BCUT2D eigenvalue weighted by molar-refractivity contribution is 0.0706. The number of thiazole rings is 1. The van der Waals surface area contributed by atoms with Crippen molar-refractivity contribution in [1.29, 1.82) is 0 Å². The molecule has 1 amide bonds. The van der Waals surface area contributed by atoms with Gasteiger partial charge in [-0.2, -0.15) is 0 Å². The van der Waals surface area contributed by atoms with Gasteiger partial charge in [0.2, 0.25) is 0 Å². The molecule has 28 heavy (non-hydrogen) atoms. The van der Waals surface area contributed by atoms with E-state index in [-0.39, 0.29) is 0 Å². The molecule has 0 spiro atoms. The van der Waals surface area contributed by atoms with Gasteiger partial charge in [0, 0.05) is 16.6 Å². The molecule has 1 aromatic carbocycles. The van der Waals surface area contributed by atoms with E-state index in [2.05, 4.69) is 15.3 Å². The molecule has 0 aliphatic carbocycles. The maximum Gasteiger partial charge on any atom is 0.274 e. The molecule has 3 aromatic heterocycles. The van der Waals surface area contributed by atoms with Gasteiger partial charge in [0.1, 0.15) is 17.1 Å². The summed E-state index contributed by atoms with van der Waals surface area (Å²) in [7, 11) is 1.63. The molecule has 0 saturated carbocycles. The molecule has 0 unspecified atom stereocenters. The quantitative estimate of drug-likeness (QED) is 0.352. The van der Waals surface area contributed by atoms with Crippen molar-refractivity contribution in [3.8, 4) is 17.1 Å². The van der Waals surface area contributed by atoms with Crippen molar-refractivity contribution in [1.82, 2.24) is 19.8 Å². The van der Waals surface area contributed by atoms with Gasteiger partial charge in [0.05, 0.1) is 24.7 Å². The van der Waals surface area contributed by atoms with Gasteiger partial charge in [-0.25, -0.2) is 15.4 Å². The fourth-order valence-electron chi connectivity index (χ4n) is 2.91. The van der Waals surface area contributed by atoms with Crippen LogP contribution in [0.3, 0.4) is 0 Å². The van der Waals surface area contributed by atoms with Gasteiger partial charge < -0.3 is 10.1 Å². The van der Waals surface area contributed by atoms with Crippen molar-refractivity contribution in [3.63, 3.8) is 0 Å². The van der Waals surface area contributed by atoms with Crippen LogP contribution in [0.4, 0.5) is 10.8 Å². The van der Waals surface area contributed by atoms with E-state index in [1.54, 1.807) is 36.9 Å². The topological polar surface area (TPSA) is 101 Å². The van der Waals surface area contributed by atoms with Gasteiger partial charge in [-0.05, 0) is 43.3 Å². The molecular formula is C19H17N5O3S. The standard InChI is InChI=1S/C19H17N5O3S/c1-11-17(24-9-14(27-2)7-8-16(24)20-11)15-10-28-19(22-15)21-13-5-3-12(4-6-13)18(25)23-26/h3-10,26H,1-2H3,(H,21,22)(H,23,25). The van der Waals surface area contributed by atoms with E-state index >= 15 is 0 Å². The lowest BCUT2D eigenvalue weighted by Gasteiger charge is -2.04. The fraction of sp³-hybridized carbons (Fsp3) is 0.105. The summed E-state index contributed by atoms with van der Waals surface area (Å²) >= 11 is 1.47. The van der Waals surface area contributed by atoms with Crippen LogP contribution >= 0.6 is 11.3 Å². The number of ether oxygens (including phenoxy) is 1. The zero-order valence-electron chi connectivity index (χ0n) is 15.1. The third-order valence-corrected chi connectivity index (χ3v) is 5.01. The fourth-order valence-corrected chi connectivity index (χ4v) is 3.62. The van der Waals surface area contributed by atoms with E-state index in [4.69, 9.17) is 9.94 Å². The summed E-state index contributed by atoms with van der Waals surface area (Å²) in [5.41, 5.74) is 6.18. The Bertz CT molecular complexity index is 1150. The summed E-state index contributed by atoms with van der Waals surface area (Å²) < 4.78 is 7.29. The number of hydrogen-bond acceptors (Lipinski definition) is 7. The monoisotopic (exact) mass is 395 g/mol. The van der Waals surface area contributed by atoms with E-state index in [1.165, 1.54) is 11.3 Å². The third kappa shape index (κ3) is 3.28. The summed E-state index contributed by atoms with van der Waals surface area (Å²) in [5.74, 6) is 0.188. The normalized spacial score (nSPS) is 10.8. The highest BCUT2D eigenvalue weighted by Crippen LogP contribution is 2.30. The highest BCUT2D eigenvalue weighted by Gasteiger charge is 2.15. The van der Waals surface area contributed by atoms with Crippen LogP contribution in [-0.4, -0.2) is 32.6 Å². The molecule has 8 nitrogen and oxygen atoms in total. The molecule has 9 heteroatoms. The van der Waals surface area contributed by atoms with Gasteiger partial charge in [0.15, 0.2) is 5.13 Å². The second kappa shape index (κ2) is 7.29. The number of anilines is 2. The van der Waals surface area contributed by atoms with Crippen molar-refractivity contribution in [2.75, 3.05) is 12.4 Å². The van der Waals surface area contributed by atoms with Gasteiger partial charge in [-0.15, -0.1) is 11.3 Å². The maximum absolute atomic E-state index is 11.4. The van der Waals surface area contributed by atoms with Crippen molar-refractivity contribution in [2.45, 2.75) is 6.92 Å². The number of nitrogens with one attached hydrogen (secondary N) is 2. The van der Waals surface area contributed by atoms with Gasteiger partial charge in [-0.3, -0.25) is 14.4 Å². The Morgan fingerprint density at radius 2 is 1.96 bits per heavy atom. The first-order valence-corrected chi connectivity index (χ1v) is 9.27. The largest absolute Gasteiger partial charge is 0.495 e. The molecule has 3 heterocycles. The SMILES string of the molecule is COc1ccc2nc(C)c(-c3csc(Nc4ccc(C(=O)NO)cc4)n3)n2c1. The number of imidazole rings is 1.